The van der Waals surface area contributed by atoms with Crippen LogP contribution in [0.25, 0.3) is 101 Å². The van der Waals surface area contributed by atoms with Gasteiger partial charge in [-0.1, -0.05) is 121 Å². The molecule has 0 aliphatic rings. The van der Waals surface area contributed by atoms with Gasteiger partial charge in [0.05, 0.1) is 0 Å². The van der Waals surface area contributed by atoms with Gasteiger partial charge in [-0.15, -0.1) is 0 Å². The molecular weight excluding hydrogens is 825 g/mol. The van der Waals surface area contributed by atoms with E-state index in [-0.39, 0.29) is 0 Å². The van der Waals surface area contributed by atoms with Crippen molar-refractivity contribution in [3.05, 3.63) is 267 Å². The third-order valence-corrected chi connectivity index (χ3v) is 12.7. The zero-order valence-electron chi connectivity index (χ0n) is 37.5. The number of rotatable bonds is 10. The molecule has 322 valence electrons. The zero-order chi connectivity index (χ0) is 45.8. The number of nitrogens with zero attached hydrogens (tertiary/aromatic N) is 2. The minimum Gasteiger partial charge on any atom is -0.399 e. The second-order valence-electron chi connectivity index (χ2n) is 17.1. The molecule has 0 saturated heterocycles. The first-order chi connectivity index (χ1) is 33.5. The molecule has 9 aromatic carbocycles. The number of nitrogens with two attached hydrogens (primary N) is 2. The molecule has 0 fully saturated rings. The van der Waals surface area contributed by atoms with Crippen LogP contribution in [0, 0.1) is 0 Å². The van der Waals surface area contributed by atoms with Crippen LogP contribution in [0.3, 0.4) is 0 Å². The molecule has 0 atom stereocenters. The first kappa shape index (κ1) is 41.6. The van der Waals surface area contributed by atoms with Gasteiger partial charge < -0.3 is 11.5 Å². The van der Waals surface area contributed by atoms with E-state index in [4.69, 9.17) is 11.5 Å². The van der Waals surface area contributed by atoms with Crippen molar-refractivity contribution < 1.29 is 9.13 Å². The first-order valence-corrected chi connectivity index (χ1v) is 23.0. The van der Waals surface area contributed by atoms with Gasteiger partial charge in [0.15, 0.2) is 0 Å². The van der Waals surface area contributed by atoms with Crippen molar-refractivity contribution in [2.75, 3.05) is 11.5 Å². The molecule has 0 unspecified atom stereocenters. The maximum absolute atomic E-state index is 6.02. The number of hydrogen-bond donors (Lipinski definition) is 2. The molecule has 0 saturated carbocycles. The molecule has 0 aliphatic carbocycles. The Morgan fingerprint density at radius 3 is 0.647 bits per heavy atom. The SMILES string of the molecule is Nc1ccc(-c2ccc(-[n+]3c(-c4ccccc4)cc(-c4ccc(-c5cc(-c6ccccc6)[n+](-c6ccc(-c7ccc(N)cc7)cc6)c(-c6ccccc6)c5)cc4)cc3-c3ccccc3)cc2)cc1. The number of hydrogen-bond acceptors (Lipinski definition) is 2. The molecule has 68 heavy (non-hydrogen) atoms. The predicted molar refractivity (Wildman–Crippen MR) is 282 cm³/mol. The highest BCUT2D eigenvalue weighted by atomic mass is 15.0. The summed E-state index contributed by atoms with van der Waals surface area (Å²) in [6.07, 6.45) is 0. The molecule has 0 amide bonds. The van der Waals surface area contributed by atoms with Crippen LogP contribution < -0.4 is 20.6 Å². The molecule has 4 heteroatoms. The van der Waals surface area contributed by atoms with Crippen molar-refractivity contribution in [3.63, 3.8) is 0 Å². The highest BCUT2D eigenvalue weighted by Gasteiger charge is 2.27. The predicted octanol–water partition coefficient (Wildman–Crippen LogP) is 14.7. The normalized spacial score (nSPS) is 11.1. The number of aromatic nitrogens is 2. The third-order valence-electron chi connectivity index (χ3n) is 12.7. The average Bonchev–Trinajstić information content (AvgIpc) is 3.42. The van der Waals surface area contributed by atoms with E-state index in [0.29, 0.717) is 0 Å². The van der Waals surface area contributed by atoms with Crippen LogP contribution in [0.2, 0.25) is 0 Å². The lowest BCUT2D eigenvalue weighted by Gasteiger charge is -2.14. The van der Waals surface area contributed by atoms with E-state index in [0.717, 1.165) is 112 Å². The maximum Gasteiger partial charge on any atom is 0.219 e. The maximum atomic E-state index is 6.02. The second kappa shape index (κ2) is 18.4. The largest absolute Gasteiger partial charge is 0.399 e. The molecular formula is C64H48N4+2. The first-order valence-electron chi connectivity index (χ1n) is 23.0. The lowest BCUT2D eigenvalue weighted by Crippen LogP contribution is -2.36. The van der Waals surface area contributed by atoms with Gasteiger partial charge in [-0.2, -0.15) is 9.13 Å². The summed E-state index contributed by atoms with van der Waals surface area (Å²) >= 11 is 0. The lowest BCUT2D eigenvalue weighted by atomic mass is 9.95. The van der Waals surface area contributed by atoms with Crippen molar-refractivity contribution in [3.8, 4) is 101 Å². The highest BCUT2D eigenvalue weighted by Crippen LogP contribution is 2.35. The number of nitrogen functional groups attached to an aromatic ring is 2. The fraction of sp³-hybridized carbons (Fsp3) is 0. The second-order valence-corrected chi connectivity index (χ2v) is 17.1. The molecule has 0 spiro atoms. The summed E-state index contributed by atoms with van der Waals surface area (Å²) < 4.78 is 4.77. The van der Waals surface area contributed by atoms with Crippen LogP contribution in [0.15, 0.2) is 267 Å². The van der Waals surface area contributed by atoms with E-state index < -0.39 is 0 Å². The smallest absolute Gasteiger partial charge is 0.219 e. The molecule has 4 nitrogen and oxygen atoms in total. The highest BCUT2D eigenvalue weighted by molar-refractivity contribution is 5.79. The van der Waals surface area contributed by atoms with Crippen molar-refractivity contribution in [2.24, 2.45) is 0 Å². The zero-order valence-corrected chi connectivity index (χ0v) is 37.5. The van der Waals surface area contributed by atoms with Crippen LogP contribution in [0.1, 0.15) is 0 Å². The van der Waals surface area contributed by atoms with E-state index in [9.17, 15) is 0 Å². The van der Waals surface area contributed by atoms with E-state index in [2.05, 4.69) is 252 Å². The Morgan fingerprint density at radius 1 is 0.191 bits per heavy atom. The van der Waals surface area contributed by atoms with Gasteiger partial charge in [0.2, 0.25) is 34.2 Å². The average molecular weight is 873 g/mol. The number of anilines is 2. The summed E-state index contributed by atoms with van der Waals surface area (Å²) in [5.41, 5.74) is 33.7. The van der Waals surface area contributed by atoms with Crippen LogP contribution in [0.4, 0.5) is 11.4 Å². The quantitative estimate of drug-likeness (QED) is 0.106. The van der Waals surface area contributed by atoms with Gasteiger partial charge in [-0.05, 0) is 142 Å². The third kappa shape index (κ3) is 8.46. The van der Waals surface area contributed by atoms with Gasteiger partial charge in [0, 0.05) is 82.2 Å². The monoisotopic (exact) mass is 872 g/mol. The van der Waals surface area contributed by atoms with E-state index in [1.807, 2.05) is 24.3 Å². The summed E-state index contributed by atoms with van der Waals surface area (Å²) in [6, 6.07) is 94.9. The van der Waals surface area contributed by atoms with Crippen molar-refractivity contribution in [1.82, 2.24) is 0 Å². The molecule has 0 aliphatic heterocycles. The Bertz CT molecular complexity index is 3120. The van der Waals surface area contributed by atoms with Gasteiger partial charge >= 0.3 is 0 Å². The van der Waals surface area contributed by atoms with Crippen LogP contribution >= 0.6 is 0 Å². The summed E-state index contributed by atoms with van der Waals surface area (Å²) in [5, 5.41) is 0. The molecule has 2 heterocycles. The Morgan fingerprint density at radius 2 is 0.397 bits per heavy atom. The number of pyridine rings is 2. The molecule has 4 N–H and O–H groups in total. The topological polar surface area (TPSA) is 59.8 Å². The van der Waals surface area contributed by atoms with Crippen molar-refractivity contribution >= 4 is 11.4 Å². The Balaban J connectivity index is 1.04. The van der Waals surface area contributed by atoms with Crippen molar-refractivity contribution in [2.45, 2.75) is 0 Å². The van der Waals surface area contributed by atoms with Crippen LogP contribution in [0.5, 0.6) is 0 Å². The van der Waals surface area contributed by atoms with Gasteiger partial charge in [0.25, 0.3) is 0 Å². The Labute approximate surface area is 398 Å². The molecule has 2 aromatic heterocycles. The van der Waals surface area contributed by atoms with Gasteiger partial charge in [0.1, 0.15) is 0 Å². The van der Waals surface area contributed by atoms with Crippen LogP contribution in [-0.4, -0.2) is 0 Å². The molecule has 0 bridgehead atoms. The molecule has 0 radical (unpaired) electrons. The van der Waals surface area contributed by atoms with Gasteiger partial charge in [-0.3, -0.25) is 0 Å². The summed E-state index contributed by atoms with van der Waals surface area (Å²) in [7, 11) is 0. The summed E-state index contributed by atoms with van der Waals surface area (Å²) in [6.45, 7) is 0. The minimum absolute atomic E-state index is 0.757. The van der Waals surface area contributed by atoms with Crippen molar-refractivity contribution in [1.29, 1.82) is 0 Å². The fourth-order valence-electron chi connectivity index (χ4n) is 9.18. The molecule has 11 aromatic rings. The van der Waals surface area contributed by atoms with E-state index in [1.165, 1.54) is 0 Å². The van der Waals surface area contributed by atoms with Gasteiger partial charge in [-0.25, -0.2) is 0 Å². The number of benzene rings is 9. The Kier molecular flexibility index (Phi) is 11.3. The van der Waals surface area contributed by atoms with E-state index >= 15 is 0 Å². The Hall–Kier alpha value is -9.12. The minimum atomic E-state index is 0.757. The standard InChI is InChI=1S/C64H47N4/c65-57-33-25-45(26-34-57)47-29-37-59(38-30-47)67-61(51-13-5-1-6-14-51)41-55(42-62(67)52-15-7-2-8-16-52)49-21-23-50(24-22-49)56-43-63(53-17-9-3-10-18-53)68(64(44-56)54-19-11-4-12-20-54)60-39-31-48(32-40-60)46-27-35-58(66)36-28-46/h1-44,65H,66H2/q+1/p+1. The lowest BCUT2D eigenvalue weighted by molar-refractivity contribution is -0.572. The summed E-state index contributed by atoms with van der Waals surface area (Å²) in [4.78, 5) is 0. The van der Waals surface area contributed by atoms with E-state index in [1.54, 1.807) is 0 Å². The summed E-state index contributed by atoms with van der Waals surface area (Å²) in [5.74, 6) is 0. The fourth-order valence-corrected chi connectivity index (χ4v) is 9.18. The molecule has 11 rings (SSSR count). The van der Waals surface area contributed by atoms with Crippen LogP contribution in [-0.2, 0) is 0 Å².